The van der Waals surface area contributed by atoms with Gasteiger partial charge < -0.3 is 5.32 Å². The molecule has 31 heavy (non-hydrogen) atoms. The van der Waals surface area contributed by atoms with Crippen LogP contribution in [0, 0.1) is 5.92 Å². The summed E-state index contributed by atoms with van der Waals surface area (Å²) < 4.78 is 26.6. The molecule has 1 N–H and O–H groups in total. The number of likely N-dealkylation sites (tertiary alicyclic amines) is 1. The van der Waals surface area contributed by atoms with E-state index in [4.69, 9.17) is 11.6 Å². The van der Waals surface area contributed by atoms with Crippen molar-refractivity contribution in [3.05, 3.63) is 59.1 Å². The highest BCUT2D eigenvalue weighted by Crippen LogP contribution is 2.23. The van der Waals surface area contributed by atoms with E-state index < -0.39 is 10.0 Å². The summed E-state index contributed by atoms with van der Waals surface area (Å²) >= 11 is 6.06. The molecule has 0 aromatic heterocycles. The summed E-state index contributed by atoms with van der Waals surface area (Å²) in [5.74, 6) is -0.0588. The number of nitrogens with one attached hydrogen (secondary N) is 1. The average Bonchev–Trinajstić information content (AvgIpc) is 2.75. The van der Waals surface area contributed by atoms with Crippen molar-refractivity contribution in [2.24, 2.45) is 5.92 Å². The highest BCUT2D eigenvalue weighted by atomic mass is 35.5. The van der Waals surface area contributed by atoms with Gasteiger partial charge in [-0.2, -0.15) is 4.31 Å². The first-order valence-corrected chi connectivity index (χ1v) is 12.5. The maximum atomic E-state index is 12.7. The van der Waals surface area contributed by atoms with E-state index in [1.165, 1.54) is 9.87 Å². The lowest BCUT2D eigenvalue weighted by molar-refractivity contribution is -0.121. The molecule has 8 heteroatoms. The first kappa shape index (κ1) is 23.7. The Bertz CT molecular complexity index is 983. The number of piperidine rings is 1. The van der Waals surface area contributed by atoms with Crippen molar-refractivity contribution in [1.29, 1.82) is 0 Å². The first-order valence-electron chi connectivity index (χ1n) is 10.7. The van der Waals surface area contributed by atoms with Gasteiger partial charge in [0.2, 0.25) is 15.9 Å². The molecule has 0 aliphatic carbocycles. The lowest BCUT2D eigenvalue weighted by Crippen LogP contribution is -2.37. The number of carbonyl (C=O) groups excluding carboxylic acids is 1. The average molecular weight is 464 g/mol. The van der Waals surface area contributed by atoms with Crippen LogP contribution in [0.25, 0.3) is 0 Å². The molecule has 2 aromatic rings. The molecular weight excluding hydrogens is 434 g/mol. The van der Waals surface area contributed by atoms with Gasteiger partial charge in [-0.3, -0.25) is 9.69 Å². The second-order valence-electron chi connectivity index (χ2n) is 7.78. The Balaban J connectivity index is 1.53. The van der Waals surface area contributed by atoms with E-state index in [1.807, 2.05) is 32.0 Å². The van der Waals surface area contributed by atoms with Crippen molar-refractivity contribution in [2.45, 2.75) is 38.1 Å². The molecule has 1 fully saturated rings. The molecule has 3 rings (SSSR count). The third-order valence-electron chi connectivity index (χ3n) is 5.72. The molecule has 1 heterocycles. The van der Waals surface area contributed by atoms with Crippen molar-refractivity contribution in [3.63, 3.8) is 0 Å². The van der Waals surface area contributed by atoms with Crippen molar-refractivity contribution in [3.8, 4) is 0 Å². The zero-order chi connectivity index (χ0) is 22.4. The van der Waals surface area contributed by atoms with Crippen molar-refractivity contribution < 1.29 is 13.2 Å². The molecule has 1 aliphatic heterocycles. The molecule has 0 atom stereocenters. The highest BCUT2D eigenvalue weighted by molar-refractivity contribution is 7.89. The van der Waals surface area contributed by atoms with E-state index in [0.717, 1.165) is 37.5 Å². The predicted molar refractivity (Wildman–Crippen MR) is 125 cm³/mol. The van der Waals surface area contributed by atoms with Gasteiger partial charge in [0.25, 0.3) is 0 Å². The predicted octanol–water partition coefficient (Wildman–Crippen LogP) is 4.22. The van der Waals surface area contributed by atoms with Crippen molar-refractivity contribution in [1.82, 2.24) is 9.21 Å². The number of hydrogen-bond donors (Lipinski definition) is 1. The van der Waals surface area contributed by atoms with Gasteiger partial charge in [0.05, 0.1) is 4.90 Å². The lowest BCUT2D eigenvalue weighted by Gasteiger charge is -2.31. The summed E-state index contributed by atoms with van der Waals surface area (Å²) in [6, 6.07) is 14.3. The minimum Gasteiger partial charge on any atom is -0.326 e. The summed E-state index contributed by atoms with van der Waals surface area (Å²) in [4.78, 5) is 15.3. The number of carbonyl (C=O) groups is 1. The molecule has 2 aromatic carbocycles. The van der Waals surface area contributed by atoms with Gasteiger partial charge in [-0.15, -0.1) is 0 Å². The fourth-order valence-electron chi connectivity index (χ4n) is 3.91. The Kier molecular flexibility index (Phi) is 8.11. The fourth-order valence-corrected chi connectivity index (χ4v) is 5.58. The van der Waals surface area contributed by atoms with Gasteiger partial charge in [0, 0.05) is 36.3 Å². The zero-order valence-electron chi connectivity index (χ0n) is 18.1. The number of rotatable bonds is 8. The number of halogens is 1. The molecule has 0 spiro atoms. The number of amides is 1. The summed E-state index contributed by atoms with van der Waals surface area (Å²) in [5, 5.41) is 3.67. The van der Waals surface area contributed by atoms with Crippen LogP contribution in [-0.4, -0.2) is 49.7 Å². The number of anilines is 1. The van der Waals surface area contributed by atoms with E-state index in [0.29, 0.717) is 18.8 Å². The molecule has 1 amide bonds. The van der Waals surface area contributed by atoms with Crippen LogP contribution in [0.4, 0.5) is 5.69 Å². The third-order valence-corrected chi connectivity index (χ3v) is 8.02. The number of nitrogens with zero attached hydrogens (tertiary/aromatic N) is 2. The number of benzene rings is 2. The largest absolute Gasteiger partial charge is 0.326 e. The number of sulfonamides is 1. The second kappa shape index (κ2) is 10.6. The molecule has 168 valence electrons. The highest BCUT2D eigenvalue weighted by Gasteiger charge is 2.26. The van der Waals surface area contributed by atoms with E-state index in [2.05, 4.69) is 16.3 Å². The van der Waals surface area contributed by atoms with Gasteiger partial charge in [0.1, 0.15) is 0 Å². The Morgan fingerprint density at radius 1 is 1.10 bits per heavy atom. The van der Waals surface area contributed by atoms with E-state index in [-0.39, 0.29) is 16.7 Å². The second-order valence-corrected chi connectivity index (χ2v) is 10.2. The van der Waals surface area contributed by atoms with Crippen LogP contribution in [0.15, 0.2) is 53.4 Å². The van der Waals surface area contributed by atoms with Gasteiger partial charge in [-0.05, 0) is 67.9 Å². The van der Waals surface area contributed by atoms with Crippen LogP contribution in [0.3, 0.4) is 0 Å². The van der Waals surface area contributed by atoms with Crippen LogP contribution < -0.4 is 5.32 Å². The summed E-state index contributed by atoms with van der Waals surface area (Å²) in [6.07, 6.45) is 1.58. The molecule has 1 saturated heterocycles. The quantitative estimate of drug-likeness (QED) is 0.636. The maximum absolute atomic E-state index is 12.7. The summed E-state index contributed by atoms with van der Waals surface area (Å²) in [7, 11) is -3.49. The molecule has 0 unspecified atom stereocenters. The topological polar surface area (TPSA) is 69.7 Å². The van der Waals surface area contributed by atoms with E-state index in [1.54, 1.807) is 24.3 Å². The van der Waals surface area contributed by atoms with Gasteiger partial charge in [-0.1, -0.05) is 37.6 Å². The molecule has 0 bridgehead atoms. The van der Waals surface area contributed by atoms with Crippen LogP contribution in [0.2, 0.25) is 5.02 Å². The smallest absolute Gasteiger partial charge is 0.243 e. The SMILES string of the molecule is CCN(CC)S(=O)(=O)c1ccc(NC(=O)C2CCN(Cc3cccc(Cl)c3)CC2)cc1. The normalized spacial score (nSPS) is 15.9. The van der Waals surface area contributed by atoms with Gasteiger partial charge >= 0.3 is 0 Å². The Morgan fingerprint density at radius 3 is 2.32 bits per heavy atom. The lowest BCUT2D eigenvalue weighted by atomic mass is 9.95. The Morgan fingerprint density at radius 2 is 1.74 bits per heavy atom. The summed E-state index contributed by atoms with van der Waals surface area (Å²) in [6.45, 7) is 7.02. The van der Waals surface area contributed by atoms with Gasteiger partial charge in [-0.25, -0.2) is 8.42 Å². The van der Waals surface area contributed by atoms with E-state index >= 15 is 0 Å². The third kappa shape index (κ3) is 6.07. The minimum absolute atomic E-state index is 0.0123. The van der Waals surface area contributed by atoms with Crippen LogP contribution in [0.1, 0.15) is 32.3 Å². The van der Waals surface area contributed by atoms with Crippen molar-refractivity contribution in [2.75, 3.05) is 31.5 Å². The molecule has 0 radical (unpaired) electrons. The van der Waals surface area contributed by atoms with Gasteiger partial charge in [0.15, 0.2) is 0 Å². The minimum atomic E-state index is -3.49. The Labute approximate surface area is 190 Å². The van der Waals surface area contributed by atoms with Crippen LogP contribution >= 0.6 is 11.6 Å². The fraction of sp³-hybridized carbons (Fsp3) is 0.435. The van der Waals surface area contributed by atoms with E-state index in [9.17, 15) is 13.2 Å². The molecule has 1 aliphatic rings. The standard InChI is InChI=1S/C23H30ClN3O3S/c1-3-27(4-2)31(29,30)22-10-8-21(9-11-22)25-23(28)19-12-14-26(15-13-19)17-18-6-5-7-20(24)16-18/h5-11,16,19H,3-4,12-15,17H2,1-2H3,(H,25,28). The first-order chi connectivity index (χ1) is 14.8. The monoisotopic (exact) mass is 463 g/mol. The van der Waals surface area contributed by atoms with Crippen LogP contribution in [0.5, 0.6) is 0 Å². The summed E-state index contributed by atoms with van der Waals surface area (Å²) in [5.41, 5.74) is 1.79. The molecule has 0 saturated carbocycles. The maximum Gasteiger partial charge on any atom is 0.243 e. The number of hydrogen-bond acceptors (Lipinski definition) is 4. The molecule has 6 nitrogen and oxygen atoms in total. The van der Waals surface area contributed by atoms with Crippen molar-refractivity contribution >= 4 is 33.2 Å². The molecular formula is C23H30ClN3O3S. The zero-order valence-corrected chi connectivity index (χ0v) is 19.6. The van der Waals surface area contributed by atoms with Crippen LogP contribution in [-0.2, 0) is 21.4 Å². The Hall–Kier alpha value is -1.93.